The summed E-state index contributed by atoms with van der Waals surface area (Å²) in [6.45, 7) is 8.04. The molecule has 0 amide bonds. The van der Waals surface area contributed by atoms with Gasteiger partial charge < -0.3 is 10.4 Å². The lowest BCUT2D eigenvalue weighted by molar-refractivity contribution is 0.305. The first-order valence-electron chi connectivity index (χ1n) is 8.08. The Balaban J connectivity index is 1.92. The molecule has 1 aliphatic rings. The first-order chi connectivity index (χ1) is 10.4. The van der Waals surface area contributed by atoms with Gasteiger partial charge in [0.05, 0.1) is 0 Å². The van der Waals surface area contributed by atoms with E-state index in [-0.39, 0.29) is 5.41 Å². The molecule has 3 rings (SSSR count). The second kappa shape index (κ2) is 5.68. The predicted molar refractivity (Wildman–Crippen MR) is 92.7 cm³/mol. The third kappa shape index (κ3) is 3.11. The van der Waals surface area contributed by atoms with Gasteiger partial charge in [-0.2, -0.15) is 0 Å². The topological polar surface area (TPSA) is 32.3 Å². The minimum atomic E-state index is 0.278. The monoisotopic (exact) mass is 295 g/mol. The van der Waals surface area contributed by atoms with Crippen LogP contribution in [-0.4, -0.2) is 11.7 Å². The number of fused-ring (bicyclic) bond motifs is 1. The van der Waals surface area contributed by atoms with E-state index in [1.54, 1.807) is 6.07 Å². The summed E-state index contributed by atoms with van der Waals surface area (Å²) in [5.41, 5.74) is 5.46. The SMILES string of the molecule is CC(C)(C)C1CCNc2ccc(Cc3cccc(O)c3)cc21. The average Bonchev–Trinajstić information content (AvgIpc) is 2.45. The lowest BCUT2D eigenvalue weighted by Gasteiger charge is -2.36. The normalized spacial score (nSPS) is 17.7. The molecule has 2 N–H and O–H groups in total. The minimum absolute atomic E-state index is 0.278. The summed E-state index contributed by atoms with van der Waals surface area (Å²) in [6, 6.07) is 14.3. The third-order valence-electron chi connectivity index (χ3n) is 4.60. The van der Waals surface area contributed by atoms with Gasteiger partial charge in [0.1, 0.15) is 5.75 Å². The molecule has 116 valence electrons. The predicted octanol–water partition coefficient (Wildman–Crippen LogP) is 4.93. The smallest absolute Gasteiger partial charge is 0.115 e. The Bertz CT molecular complexity index is 670. The van der Waals surface area contributed by atoms with Crippen molar-refractivity contribution in [3.63, 3.8) is 0 Å². The fraction of sp³-hybridized carbons (Fsp3) is 0.400. The molecular weight excluding hydrogens is 270 g/mol. The van der Waals surface area contributed by atoms with Gasteiger partial charge in [-0.15, -0.1) is 0 Å². The average molecular weight is 295 g/mol. The molecule has 1 atom stereocenters. The van der Waals surface area contributed by atoms with E-state index in [2.05, 4.69) is 50.4 Å². The number of nitrogens with one attached hydrogen (secondary N) is 1. The fourth-order valence-corrected chi connectivity index (χ4v) is 3.48. The zero-order valence-corrected chi connectivity index (χ0v) is 13.7. The van der Waals surface area contributed by atoms with Crippen LogP contribution < -0.4 is 5.32 Å². The van der Waals surface area contributed by atoms with Gasteiger partial charge in [-0.3, -0.25) is 0 Å². The third-order valence-corrected chi connectivity index (χ3v) is 4.60. The molecule has 22 heavy (non-hydrogen) atoms. The second-order valence-electron chi connectivity index (χ2n) is 7.40. The largest absolute Gasteiger partial charge is 0.508 e. The molecule has 2 aromatic rings. The summed E-state index contributed by atoms with van der Waals surface area (Å²) in [4.78, 5) is 0. The zero-order chi connectivity index (χ0) is 15.7. The quantitative estimate of drug-likeness (QED) is 0.823. The molecule has 0 aliphatic carbocycles. The van der Waals surface area contributed by atoms with Crippen molar-refractivity contribution >= 4 is 5.69 Å². The van der Waals surface area contributed by atoms with Crippen LogP contribution in [0.1, 0.15) is 49.8 Å². The van der Waals surface area contributed by atoms with Gasteiger partial charge in [0, 0.05) is 12.2 Å². The van der Waals surface area contributed by atoms with Crippen molar-refractivity contribution in [2.45, 2.75) is 39.5 Å². The molecule has 2 nitrogen and oxygen atoms in total. The van der Waals surface area contributed by atoms with Crippen LogP contribution >= 0.6 is 0 Å². The molecule has 0 saturated heterocycles. The van der Waals surface area contributed by atoms with Gasteiger partial charge in [0.15, 0.2) is 0 Å². The van der Waals surface area contributed by atoms with Crippen molar-refractivity contribution in [1.82, 2.24) is 0 Å². The highest BCUT2D eigenvalue weighted by Crippen LogP contribution is 2.43. The molecule has 1 aliphatic heterocycles. The zero-order valence-electron chi connectivity index (χ0n) is 13.7. The standard InChI is InChI=1S/C20H25NO/c1-20(2,3)18-9-10-21-19-8-7-15(13-17(18)19)11-14-5-4-6-16(22)12-14/h4-8,12-13,18,21-22H,9-11H2,1-3H3. The molecule has 1 heterocycles. The molecular formula is C20H25NO. The maximum atomic E-state index is 9.62. The van der Waals surface area contributed by atoms with Crippen LogP contribution in [0.5, 0.6) is 5.75 Å². The van der Waals surface area contributed by atoms with Crippen LogP contribution in [0.25, 0.3) is 0 Å². The number of phenolic OH excluding ortho intramolecular Hbond substituents is 1. The highest BCUT2D eigenvalue weighted by Gasteiger charge is 2.30. The second-order valence-corrected chi connectivity index (χ2v) is 7.40. The summed E-state index contributed by atoms with van der Waals surface area (Å²) in [7, 11) is 0. The highest BCUT2D eigenvalue weighted by atomic mass is 16.3. The maximum absolute atomic E-state index is 9.62. The maximum Gasteiger partial charge on any atom is 0.115 e. The molecule has 1 unspecified atom stereocenters. The first kappa shape index (κ1) is 15.0. The molecule has 0 fully saturated rings. The molecule has 0 radical (unpaired) electrons. The summed E-state index contributed by atoms with van der Waals surface area (Å²) in [6.07, 6.45) is 2.05. The van der Waals surface area contributed by atoms with E-state index < -0.39 is 0 Å². The Kier molecular flexibility index (Phi) is 3.86. The first-order valence-corrected chi connectivity index (χ1v) is 8.08. The Morgan fingerprint density at radius 1 is 1.09 bits per heavy atom. The Hall–Kier alpha value is -1.96. The van der Waals surface area contributed by atoms with Gasteiger partial charge in [0.2, 0.25) is 0 Å². The highest BCUT2D eigenvalue weighted by molar-refractivity contribution is 5.57. The van der Waals surface area contributed by atoms with Crippen molar-refractivity contribution in [3.8, 4) is 5.75 Å². The minimum Gasteiger partial charge on any atom is -0.508 e. The van der Waals surface area contributed by atoms with Crippen molar-refractivity contribution < 1.29 is 5.11 Å². The van der Waals surface area contributed by atoms with Gasteiger partial charge in [-0.25, -0.2) is 0 Å². The van der Waals surface area contributed by atoms with Crippen molar-refractivity contribution in [3.05, 3.63) is 59.2 Å². The van der Waals surface area contributed by atoms with E-state index in [1.807, 2.05) is 12.1 Å². The van der Waals surface area contributed by atoms with Crippen LogP contribution in [0, 0.1) is 5.41 Å². The van der Waals surface area contributed by atoms with Gasteiger partial charge in [-0.05, 0) is 59.1 Å². The van der Waals surface area contributed by atoms with Crippen LogP contribution in [0.15, 0.2) is 42.5 Å². The van der Waals surface area contributed by atoms with Crippen molar-refractivity contribution in [2.75, 3.05) is 11.9 Å². The summed E-state index contributed by atoms with van der Waals surface area (Å²) in [5.74, 6) is 0.928. The van der Waals surface area contributed by atoms with Crippen LogP contribution in [0.2, 0.25) is 0 Å². The van der Waals surface area contributed by atoms with E-state index in [4.69, 9.17) is 0 Å². The number of hydrogen-bond donors (Lipinski definition) is 2. The van der Waals surface area contributed by atoms with Crippen molar-refractivity contribution in [1.29, 1.82) is 0 Å². The summed E-state index contributed by atoms with van der Waals surface area (Å²) in [5, 5.41) is 13.1. The van der Waals surface area contributed by atoms with Gasteiger partial charge in [0.25, 0.3) is 0 Å². The molecule has 2 aromatic carbocycles. The lowest BCUT2D eigenvalue weighted by Crippen LogP contribution is -2.26. The molecule has 0 spiro atoms. The number of anilines is 1. The van der Waals surface area contributed by atoms with E-state index in [9.17, 15) is 5.11 Å². The summed E-state index contributed by atoms with van der Waals surface area (Å²) < 4.78 is 0. The molecule has 0 saturated carbocycles. The number of benzene rings is 2. The Labute approximate surface area is 133 Å². The van der Waals surface area contributed by atoms with Crippen LogP contribution in [0.4, 0.5) is 5.69 Å². The van der Waals surface area contributed by atoms with Crippen molar-refractivity contribution in [2.24, 2.45) is 5.41 Å². The van der Waals surface area contributed by atoms with Gasteiger partial charge >= 0.3 is 0 Å². The summed E-state index contributed by atoms with van der Waals surface area (Å²) >= 11 is 0. The number of aromatic hydroxyl groups is 1. The molecule has 0 aromatic heterocycles. The number of phenols is 1. The molecule has 0 bridgehead atoms. The fourth-order valence-electron chi connectivity index (χ4n) is 3.48. The Morgan fingerprint density at radius 3 is 2.59 bits per heavy atom. The van der Waals surface area contributed by atoms with E-state index in [0.29, 0.717) is 11.7 Å². The lowest BCUT2D eigenvalue weighted by atomic mass is 9.72. The Morgan fingerprint density at radius 2 is 1.86 bits per heavy atom. The molecule has 2 heteroatoms. The number of rotatable bonds is 2. The van der Waals surface area contributed by atoms with E-state index in [0.717, 1.165) is 18.5 Å². The van der Waals surface area contributed by atoms with Crippen LogP contribution in [-0.2, 0) is 6.42 Å². The van der Waals surface area contributed by atoms with E-state index in [1.165, 1.54) is 23.2 Å². The van der Waals surface area contributed by atoms with Gasteiger partial charge in [-0.1, -0.05) is 45.0 Å². The number of hydrogen-bond acceptors (Lipinski definition) is 2. The van der Waals surface area contributed by atoms with Crippen LogP contribution in [0.3, 0.4) is 0 Å². The van der Waals surface area contributed by atoms with E-state index >= 15 is 0 Å².